The predicted molar refractivity (Wildman–Crippen MR) is 243 cm³/mol. The highest BCUT2D eigenvalue weighted by Gasteiger charge is 2.14. The standard InChI is InChI=1S/C52H40O12/c1-5-49(53)61-27-23-57-41-16-9-35(10-17-41)38-15-22-45-43-20-13-37(31-40(43)34-48(46(45)32-38)60-26-30-64-52(56)8-4)39-14-21-44(47(33-39)59-25-29-63-51(55)7-3)36-11-18-42(19-12-36)58-24-28-62-50(54)6-2/h5-25,27-29,31-34H,1-4,26,30H2. The Morgan fingerprint density at radius 3 is 1.47 bits per heavy atom. The van der Waals surface area contributed by atoms with E-state index >= 15 is 0 Å². The zero-order chi connectivity index (χ0) is 45.3. The summed E-state index contributed by atoms with van der Waals surface area (Å²) in [7, 11) is 0. The average Bonchev–Trinajstić information content (AvgIpc) is 3.33. The molecule has 0 atom stereocenters. The molecular formula is C52H40O12. The second-order valence-corrected chi connectivity index (χ2v) is 13.1. The van der Waals surface area contributed by atoms with Gasteiger partial charge in [-0.25, -0.2) is 19.2 Å². The van der Waals surface area contributed by atoms with Gasteiger partial charge in [-0.05, 0) is 92.5 Å². The summed E-state index contributed by atoms with van der Waals surface area (Å²) in [5, 5.41) is 3.63. The summed E-state index contributed by atoms with van der Waals surface area (Å²) < 4.78 is 43.2. The van der Waals surface area contributed by atoms with Crippen molar-refractivity contribution in [2.75, 3.05) is 13.2 Å². The fraction of sp³-hybridized carbons (Fsp3) is 0.0385. The summed E-state index contributed by atoms with van der Waals surface area (Å²) in [6, 6.07) is 34.5. The maximum absolute atomic E-state index is 11.8. The quantitative estimate of drug-likeness (QED) is 0.0180. The highest BCUT2D eigenvalue weighted by Crippen LogP contribution is 2.40. The SMILES string of the molecule is C=CC(=O)OC=COc1ccc(-c2ccc3c(c2)c(OCCOC(=O)C=C)cc2cc(-c4ccc(-c5ccc(OC=COC(=O)C=C)cc5)c(OC=COC(=O)C=C)c4)ccc23)cc1. The smallest absolute Gasteiger partial charge is 0.335 e. The van der Waals surface area contributed by atoms with E-state index in [0.29, 0.717) is 23.0 Å². The van der Waals surface area contributed by atoms with Crippen LogP contribution in [0.5, 0.6) is 23.0 Å². The molecule has 6 aromatic carbocycles. The second-order valence-electron chi connectivity index (χ2n) is 13.1. The van der Waals surface area contributed by atoms with Gasteiger partial charge in [-0.3, -0.25) is 0 Å². The first-order chi connectivity index (χ1) is 31.2. The summed E-state index contributed by atoms with van der Waals surface area (Å²) in [5.74, 6) is -0.327. The van der Waals surface area contributed by atoms with Gasteiger partial charge in [0.25, 0.3) is 0 Å². The number of fused-ring (bicyclic) bond motifs is 3. The van der Waals surface area contributed by atoms with Crippen LogP contribution < -0.4 is 18.9 Å². The van der Waals surface area contributed by atoms with Crippen LogP contribution in [0.15, 0.2) is 197 Å². The largest absolute Gasteiger partial charge is 0.489 e. The van der Waals surface area contributed by atoms with Crippen molar-refractivity contribution in [2.24, 2.45) is 0 Å². The highest BCUT2D eigenvalue weighted by molar-refractivity contribution is 6.12. The van der Waals surface area contributed by atoms with Crippen molar-refractivity contribution in [3.05, 3.63) is 197 Å². The molecule has 0 unspecified atom stereocenters. The molecule has 12 nitrogen and oxygen atoms in total. The Balaban J connectivity index is 1.33. The van der Waals surface area contributed by atoms with Crippen molar-refractivity contribution in [3.8, 4) is 56.4 Å². The minimum absolute atomic E-state index is 0.0171. The predicted octanol–water partition coefficient (Wildman–Crippen LogP) is 10.8. The Bertz CT molecular complexity index is 2810. The number of carbonyl (C=O) groups is 4. The molecule has 12 heteroatoms. The number of esters is 4. The van der Waals surface area contributed by atoms with E-state index in [4.69, 9.17) is 37.9 Å². The topological polar surface area (TPSA) is 142 Å². The molecule has 0 saturated carbocycles. The Labute approximate surface area is 368 Å². The summed E-state index contributed by atoms with van der Waals surface area (Å²) in [6.07, 6.45) is 11.4. The molecule has 0 aromatic heterocycles. The molecule has 0 N–H and O–H groups in total. The summed E-state index contributed by atoms with van der Waals surface area (Å²) >= 11 is 0. The molecule has 320 valence electrons. The Hall–Kier alpha value is -8.90. The molecule has 6 rings (SSSR count). The number of hydrogen-bond acceptors (Lipinski definition) is 12. The van der Waals surface area contributed by atoms with Crippen molar-refractivity contribution in [1.29, 1.82) is 0 Å². The first kappa shape index (κ1) is 44.6. The van der Waals surface area contributed by atoms with Gasteiger partial charge in [-0.1, -0.05) is 87.0 Å². The van der Waals surface area contributed by atoms with Crippen molar-refractivity contribution >= 4 is 45.4 Å². The van der Waals surface area contributed by atoms with Crippen molar-refractivity contribution < 1.29 is 57.1 Å². The molecule has 0 aliphatic carbocycles. The van der Waals surface area contributed by atoms with Gasteiger partial charge in [-0.15, -0.1) is 0 Å². The molecule has 0 spiro atoms. The van der Waals surface area contributed by atoms with E-state index < -0.39 is 23.9 Å². The Morgan fingerprint density at radius 1 is 0.406 bits per heavy atom. The second kappa shape index (κ2) is 22.1. The van der Waals surface area contributed by atoms with Gasteiger partial charge < -0.3 is 37.9 Å². The normalized spacial score (nSPS) is 10.9. The van der Waals surface area contributed by atoms with Crippen molar-refractivity contribution in [1.82, 2.24) is 0 Å². The fourth-order valence-electron chi connectivity index (χ4n) is 6.18. The van der Waals surface area contributed by atoms with E-state index in [0.717, 1.165) is 98.0 Å². The lowest BCUT2D eigenvalue weighted by atomic mass is 9.93. The zero-order valence-corrected chi connectivity index (χ0v) is 34.3. The molecule has 0 fully saturated rings. The summed E-state index contributed by atoms with van der Waals surface area (Å²) in [5.41, 5.74) is 5.05. The van der Waals surface area contributed by atoms with Gasteiger partial charge in [-0.2, -0.15) is 0 Å². The van der Waals surface area contributed by atoms with Crippen LogP contribution in [0.25, 0.3) is 54.9 Å². The monoisotopic (exact) mass is 856 g/mol. The lowest BCUT2D eigenvalue weighted by Crippen LogP contribution is -2.10. The molecule has 0 saturated heterocycles. The van der Waals surface area contributed by atoms with Crippen LogP contribution in [0.1, 0.15) is 0 Å². The molecule has 64 heavy (non-hydrogen) atoms. The fourth-order valence-corrected chi connectivity index (χ4v) is 6.18. The molecule has 0 amide bonds. The van der Waals surface area contributed by atoms with Gasteiger partial charge in [0.05, 0.1) is 0 Å². The van der Waals surface area contributed by atoms with E-state index in [9.17, 15) is 19.2 Å². The van der Waals surface area contributed by atoms with Crippen LogP contribution in [0.3, 0.4) is 0 Å². The third-order valence-corrected chi connectivity index (χ3v) is 9.16. The van der Waals surface area contributed by atoms with Crippen LogP contribution >= 0.6 is 0 Å². The summed E-state index contributed by atoms with van der Waals surface area (Å²) in [4.78, 5) is 46.0. The third-order valence-electron chi connectivity index (χ3n) is 9.16. The van der Waals surface area contributed by atoms with Crippen LogP contribution in [0, 0.1) is 0 Å². The van der Waals surface area contributed by atoms with E-state index in [1.54, 1.807) is 24.3 Å². The van der Waals surface area contributed by atoms with Crippen molar-refractivity contribution in [2.45, 2.75) is 0 Å². The van der Waals surface area contributed by atoms with E-state index in [-0.39, 0.29) is 13.2 Å². The molecular weight excluding hydrogens is 817 g/mol. The van der Waals surface area contributed by atoms with E-state index in [1.165, 1.54) is 18.8 Å². The van der Waals surface area contributed by atoms with Gasteiger partial charge in [0, 0.05) is 35.3 Å². The molecule has 0 heterocycles. The summed E-state index contributed by atoms with van der Waals surface area (Å²) in [6.45, 7) is 13.7. The van der Waals surface area contributed by atoms with Crippen LogP contribution in [0.4, 0.5) is 0 Å². The van der Waals surface area contributed by atoms with Gasteiger partial charge in [0.15, 0.2) is 0 Å². The number of hydrogen-bond donors (Lipinski definition) is 0. The number of rotatable bonds is 20. The van der Waals surface area contributed by atoms with Crippen LogP contribution in [0.2, 0.25) is 0 Å². The lowest BCUT2D eigenvalue weighted by molar-refractivity contribution is -0.138. The third kappa shape index (κ3) is 11.9. The molecule has 0 radical (unpaired) electrons. The minimum Gasteiger partial charge on any atom is -0.489 e. The maximum Gasteiger partial charge on any atom is 0.335 e. The Morgan fingerprint density at radius 2 is 0.891 bits per heavy atom. The van der Waals surface area contributed by atoms with Crippen molar-refractivity contribution in [3.63, 3.8) is 0 Å². The lowest BCUT2D eigenvalue weighted by Gasteiger charge is -2.15. The van der Waals surface area contributed by atoms with E-state index in [1.807, 2.05) is 84.9 Å². The zero-order valence-electron chi connectivity index (χ0n) is 34.3. The van der Waals surface area contributed by atoms with E-state index in [2.05, 4.69) is 26.3 Å². The van der Waals surface area contributed by atoms with Gasteiger partial charge >= 0.3 is 23.9 Å². The van der Waals surface area contributed by atoms with Gasteiger partial charge in [0.2, 0.25) is 0 Å². The molecule has 0 aliphatic rings. The van der Waals surface area contributed by atoms with Gasteiger partial charge in [0.1, 0.15) is 73.8 Å². The number of ether oxygens (including phenoxy) is 8. The number of carbonyl (C=O) groups excluding carboxylic acids is 4. The highest BCUT2D eigenvalue weighted by atomic mass is 16.6. The molecule has 6 aromatic rings. The Kier molecular flexibility index (Phi) is 15.4. The first-order valence-corrected chi connectivity index (χ1v) is 19.4. The molecule has 0 aliphatic heterocycles. The van der Waals surface area contributed by atoms with Crippen LogP contribution in [-0.4, -0.2) is 37.1 Å². The maximum atomic E-state index is 11.8. The number of benzene rings is 6. The minimum atomic E-state index is -0.639. The first-order valence-electron chi connectivity index (χ1n) is 19.4. The molecule has 0 bridgehead atoms. The van der Waals surface area contributed by atoms with Crippen LogP contribution in [-0.2, 0) is 38.1 Å². The average molecular weight is 857 g/mol.